The molecule has 0 fully saturated rings. The van der Waals surface area contributed by atoms with E-state index in [2.05, 4.69) is 4.98 Å². The van der Waals surface area contributed by atoms with Crippen molar-refractivity contribution in [1.82, 2.24) is 9.38 Å². The van der Waals surface area contributed by atoms with Gasteiger partial charge in [-0.05, 0) is 13.0 Å². The first kappa shape index (κ1) is 9.71. The lowest BCUT2D eigenvalue weighted by Crippen LogP contribution is -1.86. The summed E-state index contributed by atoms with van der Waals surface area (Å²) in [7, 11) is 0. The van der Waals surface area contributed by atoms with Gasteiger partial charge in [-0.1, -0.05) is 13.8 Å². The van der Waals surface area contributed by atoms with Gasteiger partial charge in [0.25, 0.3) is 0 Å². The second-order valence-corrected chi connectivity index (χ2v) is 2.47. The van der Waals surface area contributed by atoms with E-state index in [0.717, 1.165) is 5.69 Å². The minimum absolute atomic E-state index is 0.247. The molecule has 0 aliphatic rings. The molecule has 2 rings (SSSR count). The van der Waals surface area contributed by atoms with E-state index in [0.29, 0.717) is 5.65 Å². The molecule has 2 aromatic rings. The Labute approximate surface area is 77.0 Å². The minimum atomic E-state index is -0.247. The molecule has 0 spiro atoms. The van der Waals surface area contributed by atoms with Gasteiger partial charge >= 0.3 is 0 Å². The molecule has 0 saturated carbocycles. The fourth-order valence-electron chi connectivity index (χ4n) is 1.08. The summed E-state index contributed by atoms with van der Waals surface area (Å²) in [5.74, 6) is -0.247. The average Bonchev–Trinajstić information content (AvgIpc) is 2.51. The molecular weight excluding hydrogens is 167 g/mol. The van der Waals surface area contributed by atoms with Gasteiger partial charge in [0.2, 0.25) is 0 Å². The molecule has 0 aliphatic carbocycles. The lowest BCUT2D eigenvalue weighted by atomic mass is 10.4. The molecule has 0 aliphatic heterocycles. The molecule has 2 aromatic heterocycles. The van der Waals surface area contributed by atoms with Crippen molar-refractivity contribution in [1.29, 1.82) is 0 Å². The molecule has 0 aromatic carbocycles. The quantitative estimate of drug-likeness (QED) is 0.609. The van der Waals surface area contributed by atoms with Crippen LogP contribution in [0.3, 0.4) is 0 Å². The van der Waals surface area contributed by atoms with E-state index in [1.165, 1.54) is 12.1 Å². The molecule has 70 valence electrons. The molecule has 0 unspecified atom stereocenters. The van der Waals surface area contributed by atoms with Crippen molar-refractivity contribution in [3.8, 4) is 0 Å². The highest BCUT2D eigenvalue weighted by molar-refractivity contribution is 5.39. The van der Waals surface area contributed by atoms with E-state index >= 15 is 0 Å². The predicted molar refractivity (Wildman–Crippen MR) is 51.2 cm³/mol. The Bertz CT molecular complexity index is 393. The summed E-state index contributed by atoms with van der Waals surface area (Å²) in [4.78, 5) is 4.00. The highest BCUT2D eigenvalue weighted by Gasteiger charge is 1.97. The summed E-state index contributed by atoms with van der Waals surface area (Å²) < 4.78 is 14.4. The fourth-order valence-corrected chi connectivity index (χ4v) is 1.08. The molecular formula is C10H13FN2. The van der Waals surface area contributed by atoms with E-state index in [-0.39, 0.29) is 5.82 Å². The molecule has 3 heteroatoms. The summed E-state index contributed by atoms with van der Waals surface area (Å²) in [5.41, 5.74) is 1.67. The summed E-state index contributed by atoms with van der Waals surface area (Å²) in [6, 6.07) is 2.83. The Hall–Kier alpha value is -1.38. The van der Waals surface area contributed by atoms with Crippen LogP contribution in [-0.2, 0) is 0 Å². The SMILES string of the molecule is CC.Cc1cnc2cc(F)ccn12. The van der Waals surface area contributed by atoms with Gasteiger partial charge < -0.3 is 4.40 Å². The summed E-state index contributed by atoms with van der Waals surface area (Å²) in [5, 5.41) is 0. The zero-order valence-electron chi connectivity index (χ0n) is 8.08. The molecule has 2 nitrogen and oxygen atoms in total. The van der Waals surface area contributed by atoms with Crippen LogP contribution in [-0.4, -0.2) is 9.38 Å². The summed E-state index contributed by atoms with van der Waals surface area (Å²) >= 11 is 0. The van der Waals surface area contributed by atoms with Crippen LogP contribution in [0.5, 0.6) is 0 Å². The number of halogens is 1. The van der Waals surface area contributed by atoms with Crippen LogP contribution >= 0.6 is 0 Å². The van der Waals surface area contributed by atoms with Crippen molar-refractivity contribution >= 4 is 5.65 Å². The first-order valence-electron chi connectivity index (χ1n) is 4.36. The maximum Gasteiger partial charge on any atom is 0.139 e. The van der Waals surface area contributed by atoms with E-state index in [4.69, 9.17) is 0 Å². The number of hydrogen-bond donors (Lipinski definition) is 0. The van der Waals surface area contributed by atoms with Gasteiger partial charge in [0.15, 0.2) is 0 Å². The van der Waals surface area contributed by atoms with Crippen LogP contribution in [0, 0.1) is 12.7 Å². The Kier molecular flexibility index (Phi) is 3.01. The van der Waals surface area contributed by atoms with Crippen LogP contribution in [0.4, 0.5) is 4.39 Å². The first-order valence-corrected chi connectivity index (χ1v) is 4.36. The number of aryl methyl sites for hydroxylation is 1. The van der Waals surface area contributed by atoms with Gasteiger partial charge in [-0.25, -0.2) is 9.37 Å². The Morgan fingerprint density at radius 2 is 2.08 bits per heavy atom. The maximum absolute atomic E-state index is 12.6. The topological polar surface area (TPSA) is 17.3 Å². The molecule has 0 amide bonds. The third kappa shape index (κ3) is 1.86. The molecule has 0 bridgehead atoms. The summed E-state index contributed by atoms with van der Waals surface area (Å²) in [6.07, 6.45) is 3.39. The maximum atomic E-state index is 12.6. The van der Waals surface area contributed by atoms with Crippen molar-refractivity contribution in [2.24, 2.45) is 0 Å². The van der Waals surface area contributed by atoms with Gasteiger partial charge in [0.05, 0.1) is 0 Å². The third-order valence-corrected chi connectivity index (χ3v) is 1.66. The van der Waals surface area contributed by atoms with Crippen molar-refractivity contribution in [3.05, 3.63) is 36.0 Å². The third-order valence-electron chi connectivity index (χ3n) is 1.66. The van der Waals surface area contributed by atoms with Crippen LogP contribution in [0.1, 0.15) is 19.5 Å². The molecule has 0 atom stereocenters. The number of aromatic nitrogens is 2. The number of hydrogen-bond acceptors (Lipinski definition) is 1. The monoisotopic (exact) mass is 180 g/mol. The molecule has 0 saturated heterocycles. The van der Waals surface area contributed by atoms with Crippen molar-refractivity contribution in [3.63, 3.8) is 0 Å². The molecule has 13 heavy (non-hydrogen) atoms. The van der Waals surface area contributed by atoms with Crippen molar-refractivity contribution in [2.45, 2.75) is 20.8 Å². The molecule has 0 radical (unpaired) electrons. The molecule has 2 heterocycles. The van der Waals surface area contributed by atoms with E-state index < -0.39 is 0 Å². The number of pyridine rings is 1. The summed E-state index contributed by atoms with van der Waals surface area (Å²) in [6.45, 7) is 5.93. The average molecular weight is 180 g/mol. The van der Waals surface area contributed by atoms with Gasteiger partial charge in [-0.2, -0.15) is 0 Å². The minimum Gasteiger partial charge on any atom is -0.304 e. The van der Waals surface area contributed by atoms with Crippen molar-refractivity contribution in [2.75, 3.05) is 0 Å². The van der Waals surface area contributed by atoms with Gasteiger partial charge in [-0.15, -0.1) is 0 Å². The van der Waals surface area contributed by atoms with Crippen molar-refractivity contribution < 1.29 is 4.39 Å². The highest BCUT2D eigenvalue weighted by Crippen LogP contribution is 2.06. The largest absolute Gasteiger partial charge is 0.304 e. The van der Waals surface area contributed by atoms with E-state index in [9.17, 15) is 4.39 Å². The normalized spacial score (nSPS) is 9.54. The Morgan fingerprint density at radius 3 is 2.77 bits per heavy atom. The lowest BCUT2D eigenvalue weighted by molar-refractivity contribution is 0.626. The van der Waals surface area contributed by atoms with Crippen LogP contribution < -0.4 is 0 Å². The smallest absolute Gasteiger partial charge is 0.139 e. The van der Waals surface area contributed by atoms with E-state index in [1.54, 1.807) is 12.4 Å². The predicted octanol–water partition coefficient (Wildman–Crippen LogP) is 2.81. The van der Waals surface area contributed by atoms with Gasteiger partial charge in [0.1, 0.15) is 11.5 Å². The lowest BCUT2D eigenvalue weighted by Gasteiger charge is -1.93. The number of fused-ring (bicyclic) bond motifs is 1. The first-order chi connectivity index (χ1) is 6.27. The molecule has 0 N–H and O–H groups in total. The second kappa shape index (κ2) is 4.03. The zero-order chi connectivity index (χ0) is 9.84. The fraction of sp³-hybridized carbons (Fsp3) is 0.300. The Balaban J connectivity index is 0.000000396. The number of nitrogens with zero attached hydrogens (tertiary/aromatic N) is 2. The van der Waals surface area contributed by atoms with Crippen LogP contribution in [0.15, 0.2) is 24.5 Å². The van der Waals surface area contributed by atoms with Gasteiger partial charge in [-0.3, -0.25) is 0 Å². The highest BCUT2D eigenvalue weighted by atomic mass is 19.1. The Morgan fingerprint density at radius 1 is 1.38 bits per heavy atom. The number of rotatable bonds is 0. The zero-order valence-corrected chi connectivity index (χ0v) is 8.08. The van der Waals surface area contributed by atoms with Gasteiger partial charge in [0, 0.05) is 24.2 Å². The van der Waals surface area contributed by atoms with Crippen LogP contribution in [0.2, 0.25) is 0 Å². The van der Waals surface area contributed by atoms with Crippen LogP contribution in [0.25, 0.3) is 5.65 Å². The second-order valence-electron chi connectivity index (χ2n) is 2.47. The van der Waals surface area contributed by atoms with E-state index in [1.807, 2.05) is 25.2 Å². The number of imidazole rings is 1. The standard InChI is InChI=1S/C8H7FN2.C2H6/c1-6-5-10-8-4-7(9)2-3-11(6)8;1-2/h2-5H,1H3;1-2H3.